The van der Waals surface area contributed by atoms with E-state index in [9.17, 15) is 4.39 Å². The highest BCUT2D eigenvalue weighted by atomic mass is 79.9. The van der Waals surface area contributed by atoms with Crippen molar-refractivity contribution >= 4 is 15.9 Å². The van der Waals surface area contributed by atoms with Crippen LogP contribution in [0.15, 0.2) is 46.9 Å². The van der Waals surface area contributed by atoms with Crippen molar-refractivity contribution in [1.82, 2.24) is 0 Å². The van der Waals surface area contributed by atoms with Crippen LogP contribution in [0.3, 0.4) is 0 Å². The Morgan fingerprint density at radius 1 is 1.12 bits per heavy atom. The van der Waals surface area contributed by atoms with Crippen LogP contribution in [0.4, 0.5) is 4.39 Å². The molecule has 17 heavy (non-hydrogen) atoms. The summed E-state index contributed by atoms with van der Waals surface area (Å²) >= 11 is 3.33. The van der Waals surface area contributed by atoms with Crippen molar-refractivity contribution in [2.24, 2.45) is 0 Å². The Morgan fingerprint density at radius 3 is 2.59 bits per heavy atom. The molecule has 84 valence electrons. The quantitative estimate of drug-likeness (QED) is 0.828. The van der Waals surface area contributed by atoms with E-state index in [0.717, 1.165) is 10.5 Å². The maximum absolute atomic E-state index is 12.9. The second kappa shape index (κ2) is 4.98. The SMILES string of the molecule is N#Cc1cc(F)ccc1Oc1ccccc1Br. The molecule has 0 saturated carbocycles. The molecule has 0 bridgehead atoms. The van der Waals surface area contributed by atoms with Gasteiger partial charge in [-0.15, -0.1) is 0 Å². The molecule has 2 nitrogen and oxygen atoms in total. The Bertz CT molecular complexity index is 592. The van der Waals surface area contributed by atoms with Crippen molar-refractivity contribution in [2.75, 3.05) is 0 Å². The summed E-state index contributed by atoms with van der Waals surface area (Å²) in [5.41, 5.74) is 0.167. The third-order valence-corrected chi connectivity index (χ3v) is 2.77. The minimum Gasteiger partial charge on any atom is -0.455 e. The first-order valence-electron chi connectivity index (χ1n) is 4.83. The van der Waals surface area contributed by atoms with Crippen LogP contribution in [0.1, 0.15) is 5.56 Å². The van der Waals surface area contributed by atoms with E-state index in [1.807, 2.05) is 24.3 Å². The topological polar surface area (TPSA) is 33.0 Å². The fraction of sp³-hybridized carbons (Fsp3) is 0. The number of hydrogen-bond donors (Lipinski definition) is 0. The molecular formula is C13H7BrFNO. The fourth-order valence-corrected chi connectivity index (χ4v) is 1.69. The molecule has 0 saturated heterocycles. The van der Waals surface area contributed by atoms with Crippen LogP contribution in [0.25, 0.3) is 0 Å². The van der Waals surface area contributed by atoms with Crippen molar-refractivity contribution < 1.29 is 9.13 Å². The Kier molecular flexibility index (Phi) is 3.40. The van der Waals surface area contributed by atoms with E-state index in [-0.39, 0.29) is 5.56 Å². The summed E-state index contributed by atoms with van der Waals surface area (Å²) in [5, 5.41) is 8.88. The monoisotopic (exact) mass is 291 g/mol. The molecule has 0 heterocycles. The Hall–Kier alpha value is -1.86. The van der Waals surface area contributed by atoms with Gasteiger partial charge in [0, 0.05) is 0 Å². The second-order valence-electron chi connectivity index (χ2n) is 3.28. The molecule has 0 radical (unpaired) electrons. The lowest BCUT2D eigenvalue weighted by molar-refractivity contribution is 0.476. The third kappa shape index (κ3) is 2.63. The van der Waals surface area contributed by atoms with Gasteiger partial charge < -0.3 is 4.74 Å². The molecule has 2 aromatic carbocycles. The highest BCUT2D eigenvalue weighted by molar-refractivity contribution is 9.10. The van der Waals surface area contributed by atoms with Gasteiger partial charge in [-0.3, -0.25) is 0 Å². The lowest BCUT2D eigenvalue weighted by Gasteiger charge is -2.08. The van der Waals surface area contributed by atoms with Gasteiger partial charge in [-0.1, -0.05) is 12.1 Å². The molecular weight excluding hydrogens is 285 g/mol. The first-order valence-corrected chi connectivity index (χ1v) is 5.62. The van der Waals surface area contributed by atoms with E-state index in [1.165, 1.54) is 12.1 Å². The van der Waals surface area contributed by atoms with Gasteiger partial charge in [0.2, 0.25) is 0 Å². The van der Waals surface area contributed by atoms with Gasteiger partial charge >= 0.3 is 0 Å². The zero-order chi connectivity index (χ0) is 12.3. The Morgan fingerprint density at radius 2 is 1.88 bits per heavy atom. The molecule has 0 unspecified atom stereocenters. The van der Waals surface area contributed by atoms with Gasteiger partial charge in [0.1, 0.15) is 23.4 Å². The first kappa shape index (κ1) is 11.6. The van der Waals surface area contributed by atoms with Gasteiger partial charge in [-0.05, 0) is 46.3 Å². The average Bonchev–Trinajstić information content (AvgIpc) is 2.34. The van der Waals surface area contributed by atoms with Gasteiger partial charge in [0.05, 0.1) is 10.0 Å². The molecule has 0 atom stereocenters. The van der Waals surface area contributed by atoms with Gasteiger partial charge in [-0.25, -0.2) is 4.39 Å². The molecule has 0 spiro atoms. The van der Waals surface area contributed by atoms with Crippen LogP contribution in [0, 0.1) is 17.1 Å². The summed E-state index contributed by atoms with van der Waals surface area (Å²) in [7, 11) is 0. The number of nitrogens with zero attached hydrogens (tertiary/aromatic N) is 1. The number of rotatable bonds is 2. The first-order chi connectivity index (χ1) is 8.20. The summed E-state index contributed by atoms with van der Waals surface area (Å²) in [6, 6.07) is 13.0. The highest BCUT2D eigenvalue weighted by Gasteiger charge is 2.07. The lowest BCUT2D eigenvalue weighted by Crippen LogP contribution is -1.90. The minimum absolute atomic E-state index is 0.167. The maximum Gasteiger partial charge on any atom is 0.145 e. The van der Waals surface area contributed by atoms with Crippen molar-refractivity contribution in [3.8, 4) is 17.6 Å². The number of nitriles is 1. The molecule has 0 N–H and O–H groups in total. The zero-order valence-corrected chi connectivity index (χ0v) is 10.2. The van der Waals surface area contributed by atoms with E-state index in [4.69, 9.17) is 10.00 Å². The fourth-order valence-electron chi connectivity index (χ4n) is 1.32. The van der Waals surface area contributed by atoms with Crippen LogP contribution in [0.5, 0.6) is 11.5 Å². The van der Waals surface area contributed by atoms with E-state index in [1.54, 1.807) is 6.07 Å². The Labute approximate surface area is 106 Å². The summed E-state index contributed by atoms with van der Waals surface area (Å²) in [4.78, 5) is 0. The largest absolute Gasteiger partial charge is 0.455 e. The molecule has 0 aliphatic rings. The predicted octanol–water partition coefficient (Wildman–Crippen LogP) is 4.25. The summed E-state index contributed by atoms with van der Waals surface area (Å²) in [6.07, 6.45) is 0. The predicted molar refractivity (Wildman–Crippen MR) is 65.3 cm³/mol. The van der Waals surface area contributed by atoms with Crippen LogP contribution in [0.2, 0.25) is 0 Å². The number of para-hydroxylation sites is 1. The second-order valence-corrected chi connectivity index (χ2v) is 4.14. The van der Waals surface area contributed by atoms with Crippen molar-refractivity contribution in [1.29, 1.82) is 5.26 Å². The van der Waals surface area contributed by atoms with E-state index in [0.29, 0.717) is 11.5 Å². The third-order valence-electron chi connectivity index (χ3n) is 2.12. The molecule has 0 aliphatic heterocycles. The van der Waals surface area contributed by atoms with Crippen molar-refractivity contribution in [3.63, 3.8) is 0 Å². The number of halogens is 2. The van der Waals surface area contributed by atoms with Crippen LogP contribution < -0.4 is 4.74 Å². The molecule has 2 aromatic rings. The van der Waals surface area contributed by atoms with Gasteiger partial charge in [0.15, 0.2) is 0 Å². The molecule has 0 aliphatic carbocycles. The molecule has 2 rings (SSSR count). The average molecular weight is 292 g/mol. The van der Waals surface area contributed by atoms with Crippen LogP contribution in [-0.4, -0.2) is 0 Å². The van der Waals surface area contributed by atoms with Crippen LogP contribution in [-0.2, 0) is 0 Å². The molecule has 0 fully saturated rings. The molecule has 4 heteroatoms. The maximum atomic E-state index is 12.9. The van der Waals surface area contributed by atoms with E-state index >= 15 is 0 Å². The smallest absolute Gasteiger partial charge is 0.145 e. The van der Waals surface area contributed by atoms with Crippen molar-refractivity contribution in [2.45, 2.75) is 0 Å². The van der Waals surface area contributed by atoms with E-state index in [2.05, 4.69) is 15.9 Å². The van der Waals surface area contributed by atoms with Gasteiger partial charge in [0.25, 0.3) is 0 Å². The number of benzene rings is 2. The van der Waals surface area contributed by atoms with E-state index < -0.39 is 5.82 Å². The van der Waals surface area contributed by atoms with Crippen LogP contribution >= 0.6 is 15.9 Å². The lowest BCUT2D eigenvalue weighted by atomic mass is 10.2. The summed E-state index contributed by atoms with van der Waals surface area (Å²) in [6.45, 7) is 0. The zero-order valence-electron chi connectivity index (χ0n) is 8.65. The summed E-state index contributed by atoms with van der Waals surface area (Å²) in [5.74, 6) is 0.456. The standard InChI is InChI=1S/C13H7BrFNO/c14-11-3-1-2-4-13(11)17-12-6-5-10(15)7-9(12)8-16/h1-7H. The minimum atomic E-state index is -0.457. The summed E-state index contributed by atoms with van der Waals surface area (Å²) < 4.78 is 19.3. The normalized spacial score (nSPS) is 9.71. The van der Waals surface area contributed by atoms with Gasteiger partial charge in [-0.2, -0.15) is 5.26 Å². The molecule has 0 amide bonds. The molecule has 0 aromatic heterocycles. The number of hydrogen-bond acceptors (Lipinski definition) is 2. The number of ether oxygens (including phenoxy) is 1. The highest BCUT2D eigenvalue weighted by Crippen LogP contribution is 2.31. The van der Waals surface area contributed by atoms with Crippen molar-refractivity contribution in [3.05, 3.63) is 58.3 Å². The Balaban J connectivity index is 2.37.